The van der Waals surface area contributed by atoms with Crippen LogP contribution in [0.25, 0.3) is 16.9 Å². The molecule has 0 bridgehead atoms. The zero-order chi connectivity index (χ0) is 26.6. The fraction of sp³-hybridized carbons (Fsp3) is 0.148. The minimum Gasteiger partial charge on any atom is -0.394 e. The van der Waals surface area contributed by atoms with E-state index in [1.165, 1.54) is 24.3 Å². The highest BCUT2D eigenvalue weighted by atomic mass is 19.4. The topological polar surface area (TPSA) is 84.2 Å². The lowest BCUT2D eigenvalue weighted by Crippen LogP contribution is -2.42. The maximum Gasteiger partial charge on any atom is 0.416 e. The predicted octanol–water partition coefficient (Wildman–Crippen LogP) is 4.39. The lowest BCUT2D eigenvalue weighted by atomic mass is 10.1. The van der Waals surface area contributed by atoms with Gasteiger partial charge in [0.2, 0.25) is 0 Å². The quantitative estimate of drug-likeness (QED) is 0.361. The number of carbonyl (C=O) groups is 1. The predicted molar refractivity (Wildman–Crippen MR) is 129 cm³/mol. The van der Waals surface area contributed by atoms with Gasteiger partial charge in [-0.2, -0.15) is 23.0 Å². The number of amides is 1. The molecule has 0 spiro atoms. The molecular weight excluding hydrogens is 490 g/mol. The van der Waals surface area contributed by atoms with E-state index in [0.717, 1.165) is 40.6 Å². The summed E-state index contributed by atoms with van der Waals surface area (Å²) in [6.07, 6.45) is -4.26. The Morgan fingerprint density at radius 1 is 0.973 bits per heavy atom. The summed E-state index contributed by atoms with van der Waals surface area (Å²) < 4.78 is 53.7. The number of nitrogens with one attached hydrogen (secondary N) is 1. The molecule has 190 valence electrons. The smallest absolute Gasteiger partial charge is 0.394 e. The summed E-state index contributed by atoms with van der Waals surface area (Å²) in [7, 11) is 0. The van der Waals surface area contributed by atoms with Crippen LogP contribution < -0.4 is 10.9 Å². The Morgan fingerprint density at radius 2 is 1.68 bits per heavy atom. The van der Waals surface area contributed by atoms with Gasteiger partial charge in [0.05, 0.1) is 29.6 Å². The average Bonchev–Trinajstić information content (AvgIpc) is 2.88. The van der Waals surface area contributed by atoms with E-state index >= 15 is 0 Å². The normalized spacial score (nSPS) is 12.2. The van der Waals surface area contributed by atoms with Crippen molar-refractivity contribution in [3.05, 3.63) is 118 Å². The van der Waals surface area contributed by atoms with Crippen molar-refractivity contribution in [3.63, 3.8) is 0 Å². The SMILES string of the molecule is O=C(NC(CO)Cc1ccccc1)c1cc(-c2ccc(C(F)(F)F)cc2)nn(-c2cccc(F)c2)c1=O. The summed E-state index contributed by atoms with van der Waals surface area (Å²) in [5.41, 5.74) is -1.02. The minimum atomic E-state index is -4.55. The molecular formula is C27H21F4N3O3. The van der Waals surface area contributed by atoms with E-state index in [0.29, 0.717) is 0 Å². The fourth-order valence-electron chi connectivity index (χ4n) is 3.73. The Kier molecular flexibility index (Phi) is 7.49. The van der Waals surface area contributed by atoms with E-state index in [2.05, 4.69) is 10.4 Å². The number of hydrogen-bond acceptors (Lipinski definition) is 4. The van der Waals surface area contributed by atoms with Crippen molar-refractivity contribution < 1.29 is 27.5 Å². The number of aliphatic hydroxyl groups is 1. The molecule has 0 fully saturated rings. The molecule has 1 heterocycles. The third kappa shape index (κ3) is 6.10. The summed E-state index contributed by atoms with van der Waals surface area (Å²) in [5.74, 6) is -1.47. The zero-order valence-electron chi connectivity index (χ0n) is 19.2. The lowest BCUT2D eigenvalue weighted by Gasteiger charge is -2.17. The van der Waals surface area contributed by atoms with Crippen LogP contribution in [-0.4, -0.2) is 33.4 Å². The van der Waals surface area contributed by atoms with Crippen molar-refractivity contribution in [2.45, 2.75) is 18.6 Å². The van der Waals surface area contributed by atoms with Crippen molar-refractivity contribution in [3.8, 4) is 16.9 Å². The third-order valence-corrected chi connectivity index (χ3v) is 5.60. The Hall–Kier alpha value is -4.31. The molecule has 0 saturated carbocycles. The van der Waals surface area contributed by atoms with Gasteiger partial charge >= 0.3 is 6.18 Å². The van der Waals surface area contributed by atoms with Crippen LogP contribution in [0.1, 0.15) is 21.5 Å². The van der Waals surface area contributed by atoms with Gasteiger partial charge in [-0.15, -0.1) is 0 Å². The maximum atomic E-state index is 13.9. The van der Waals surface area contributed by atoms with E-state index in [4.69, 9.17) is 0 Å². The number of halogens is 4. The highest BCUT2D eigenvalue weighted by molar-refractivity contribution is 5.95. The van der Waals surface area contributed by atoms with Crippen molar-refractivity contribution in [2.24, 2.45) is 0 Å². The van der Waals surface area contributed by atoms with Crippen molar-refractivity contribution >= 4 is 5.91 Å². The second-order valence-corrected chi connectivity index (χ2v) is 8.26. The zero-order valence-corrected chi connectivity index (χ0v) is 19.2. The van der Waals surface area contributed by atoms with E-state index in [1.54, 1.807) is 0 Å². The van der Waals surface area contributed by atoms with Crippen LogP contribution in [0.3, 0.4) is 0 Å². The van der Waals surface area contributed by atoms with E-state index in [1.807, 2.05) is 30.3 Å². The number of benzene rings is 3. The van der Waals surface area contributed by atoms with Crippen LogP contribution in [0.15, 0.2) is 89.7 Å². The first-order chi connectivity index (χ1) is 17.7. The molecule has 10 heteroatoms. The second-order valence-electron chi connectivity index (χ2n) is 8.26. The molecule has 1 atom stereocenters. The third-order valence-electron chi connectivity index (χ3n) is 5.60. The Balaban J connectivity index is 1.75. The molecule has 6 nitrogen and oxygen atoms in total. The van der Waals surface area contributed by atoms with Crippen molar-refractivity contribution in [2.75, 3.05) is 6.61 Å². The molecule has 0 aliphatic rings. The number of hydrogen-bond donors (Lipinski definition) is 2. The van der Waals surface area contributed by atoms with E-state index < -0.39 is 41.7 Å². The number of rotatable bonds is 7. The molecule has 0 saturated heterocycles. The Bertz CT molecular complexity index is 1450. The van der Waals surface area contributed by atoms with Gasteiger partial charge < -0.3 is 10.4 Å². The first kappa shape index (κ1) is 25.8. The van der Waals surface area contributed by atoms with Crippen LogP contribution in [0, 0.1) is 5.82 Å². The van der Waals surface area contributed by atoms with Gasteiger partial charge in [-0.1, -0.05) is 48.5 Å². The van der Waals surface area contributed by atoms with E-state index in [-0.39, 0.29) is 28.9 Å². The number of aromatic nitrogens is 2. The molecule has 2 N–H and O–H groups in total. The molecule has 1 unspecified atom stereocenters. The molecule has 4 rings (SSSR count). The minimum absolute atomic E-state index is 0.0198. The molecule has 3 aromatic carbocycles. The average molecular weight is 511 g/mol. The van der Waals surface area contributed by atoms with Crippen molar-refractivity contribution in [1.29, 1.82) is 0 Å². The number of nitrogens with zero attached hydrogens (tertiary/aromatic N) is 2. The van der Waals surface area contributed by atoms with Crippen LogP contribution in [-0.2, 0) is 12.6 Å². The monoisotopic (exact) mass is 511 g/mol. The van der Waals surface area contributed by atoms with Gasteiger partial charge in [0.25, 0.3) is 11.5 Å². The van der Waals surface area contributed by atoms with Crippen molar-refractivity contribution in [1.82, 2.24) is 15.1 Å². The van der Waals surface area contributed by atoms with Crippen LogP contribution in [0.4, 0.5) is 17.6 Å². The van der Waals surface area contributed by atoms with Gasteiger partial charge in [0, 0.05) is 5.56 Å². The largest absolute Gasteiger partial charge is 0.416 e. The number of alkyl halides is 3. The van der Waals surface area contributed by atoms with Crippen LogP contribution in [0.5, 0.6) is 0 Å². The molecule has 0 aliphatic heterocycles. The molecule has 4 aromatic rings. The van der Waals surface area contributed by atoms with Gasteiger partial charge in [-0.25, -0.2) is 4.39 Å². The van der Waals surface area contributed by atoms with Gasteiger partial charge in [-0.05, 0) is 48.4 Å². The molecule has 0 aliphatic carbocycles. The molecule has 1 amide bonds. The first-order valence-electron chi connectivity index (χ1n) is 11.2. The number of aliphatic hydroxyl groups excluding tert-OH is 1. The summed E-state index contributed by atoms with van der Waals surface area (Å²) in [4.78, 5) is 26.4. The highest BCUT2D eigenvalue weighted by Gasteiger charge is 2.30. The van der Waals surface area contributed by atoms with Gasteiger partial charge in [0.15, 0.2) is 0 Å². The van der Waals surface area contributed by atoms with Crippen LogP contribution >= 0.6 is 0 Å². The summed E-state index contributed by atoms with van der Waals surface area (Å²) in [5, 5.41) is 16.6. The summed E-state index contributed by atoms with van der Waals surface area (Å²) in [6, 6.07) is 18.5. The fourth-order valence-corrected chi connectivity index (χ4v) is 3.73. The first-order valence-corrected chi connectivity index (χ1v) is 11.2. The highest BCUT2D eigenvalue weighted by Crippen LogP contribution is 2.30. The number of carbonyl (C=O) groups excluding carboxylic acids is 1. The molecule has 0 radical (unpaired) electrons. The summed E-state index contributed by atoms with van der Waals surface area (Å²) in [6.45, 7) is -0.407. The Labute approximate surface area is 208 Å². The lowest BCUT2D eigenvalue weighted by molar-refractivity contribution is -0.137. The second kappa shape index (κ2) is 10.8. The summed E-state index contributed by atoms with van der Waals surface area (Å²) >= 11 is 0. The maximum absolute atomic E-state index is 13.9. The van der Waals surface area contributed by atoms with Crippen LogP contribution in [0.2, 0.25) is 0 Å². The standard InChI is InChI=1S/C27H21F4N3O3/c28-20-7-4-8-22(14-20)34-26(37)23(25(36)32-21(16-35)13-17-5-2-1-3-6-17)15-24(33-34)18-9-11-19(12-10-18)27(29,30)31/h1-12,14-15,21,35H,13,16H2,(H,32,36). The van der Waals surface area contributed by atoms with Gasteiger partial charge in [0.1, 0.15) is 11.4 Å². The molecule has 37 heavy (non-hydrogen) atoms. The van der Waals surface area contributed by atoms with Gasteiger partial charge in [-0.3, -0.25) is 9.59 Å². The molecule has 1 aromatic heterocycles. The Morgan fingerprint density at radius 3 is 2.30 bits per heavy atom. The van der Waals surface area contributed by atoms with E-state index in [9.17, 15) is 32.3 Å².